The molecule has 0 aromatic heterocycles. The molecule has 2 unspecified atom stereocenters. The van der Waals surface area contributed by atoms with E-state index < -0.39 is 11.2 Å². The summed E-state index contributed by atoms with van der Waals surface area (Å²) < 4.78 is 0. The zero-order valence-electron chi connectivity index (χ0n) is 15.6. The summed E-state index contributed by atoms with van der Waals surface area (Å²) in [5, 5.41) is 33.9. The van der Waals surface area contributed by atoms with Crippen LogP contribution < -0.4 is 0 Å². The smallest absolute Gasteiger partial charge is 0.0769 e. The van der Waals surface area contributed by atoms with Crippen molar-refractivity contribution in [2.24, 2.45) is 0 Å². The summed E-state index contributed by atoms with van der Waals surface area (Å²) in [5.74, 6) is 0. The van der Waals surface area contributed by atoms with Crippen molar-refractivity contribution in [3.63, 3.8) is 0 Å². The largest absolute Gasteiger partial charge is 0.389 e. The Morgan fingerprint density at radius 2 is 0.783 bits per heavy atom. The van der Waals surface area contributed by atoms with Crippen molar-refractivity contribution in [1.29, 1.82) is 0 Å². The fraction of sp³-hybridized carbons (Fsp3) is 0.556. The molecule has 0 aliphatic rings. The van der Waals surface area contributed by atoms with Crippen LogP contribution in [0.3, 0.4) is 0 Å². The molecule has 4 N–H and O–H groups in total. The maximum Gasteiger partial charge on any atom is 0.0769 e. The Hall–Kier alpha value is -0.486. The van der Waals surface area contributed by atoms with E-state index in [9.17, 15) is 0 Å². The van der Waals surface area contributed by atoms with Gasteiger partial charge in [-0.2, -0.15) is 0 Å². The van der Waals surface area contributed by atoms with Crippen molar-refractivity contribution in [1.82, 2.24) is 0 Å². The summed E-state index contributed by atoms with van der Waals surface area (Å²) in [4.78, 5) is 0. The number of aliphatic hydroxyl groups excluding tert-OH is 2. The van der Waals surface area contributed by atoms with Crippen LogP contribution in [0.25, 0.3) is 0 Å². The Morgan fingerprint density at radius 1 is 0.696 bits per heavy atom. The molecule has 0 bridgehead atoms. The minimum atomic E-state index is -0.694. The molecule has 0 spiro atoms. The SMILES string of the molecule is C=CC(C)(C)O.C=CC(C)(C)O.C=CC(C)O.C=CC(C)O.[Ti]. The van der Waals surface area contributed by atoms with Gasteiger partial charge in [0.25, 0.3) is 0 Å². The fourth-order valence-electron chi connectivity index (χ4n) is 0. The summed E-state index contributed by atoms with van der Waals surface area (Å²) >= 11 is 0. The molecule has 0 saturated carbocycles. The molecule has 0 aliphatic carbocycles. The van der Waals surface area contributed by atoms with E-state index in [0.29, 0.717) is 0 Å². The molecule has 4 nitrogen and oxygen atoms in total. The van der Waals surface area contributed by atoms with Crippen LogP contribution >= 0.6 is 0 Å². The van der Waals surface area contributed by atoms with Gasteiger partial charge in [0, 0.05) is 21.7 Å². The van der Waals surface area contributed by atoms with E-state index in [2.05, 4.69) is 26.3 Å². The minimum Gasteiger partial charge on any atom is -0.389 e. The predicted octanol–water partition coefficient (Wildman–Crippen LogP) is 2.99. The third kappa shape index (κ3) is 90.5. The summed E-state index contributed by atoms with van der Waals surface area (Å²) in [5.41, 5.74) is -1.39. The van der Waals surface area contributed by atoms with Gasteiger partial charge >= 0.3 is 0 Å². The van der Waals surface area contributed by atoms with E-state index in [0.717, 1.165) is 0 Å². The van der Waals surface area contributed by atoms with Crippen LogP contribution in [0.1, 0.15) is 41.5 Å². The topological polar surface area (TPSA) is 80.9 Å². The Kier molecular flexibility index (Phi) is 28.9. The first-order chi connectivity index (χ1) is 9.66. The average molecular weight is 364 g/mol. The Balaban J connectivity index is -0.0000000620. The molecule has 0 radical (unpaired) electrons. The standard InChI is InChI=1S/2C5H10O.2C4H8O.Ti/c2*1-4-5(2,3)6;2*1-3-4(2)5;/h2*4,6H,1H2,2-3H3;2*3-5H,1H2,2H3;. The number of hydrogen-bond acceptors (Lipinski definition) is 4. The van der Waals surface area contributed by atoms with Crippen LogP contribution in [0.4, 0.5) is 0 Å². The zero-order valence-corrected chi connectivity index (χ0v) is 17.1. The van der Waals surface area contributed by atoms with Gasteiger partial charge < -0.3 is 20.4 Å². The number of rotatable bonds is 4. The average Bonchev–Trinajstić information content (AvgIpc) is 2.39. The molecule has 0 fully saturated rings. The maximum atomic E-state index is 8.71. The molecule has 0 aromatic rings. The summed E-state index contributed by atoms with van der Waals surface area (Å²) in [6, 6.07) is 0. The molecule has 0 amide bonds. The van der Waals surface area contributed by atoms with Crippen LogP contribution in [0, 0.1) is 0 Å². The predicted molar refractivity (Wildman–Crippen MR) is 96.7 cm³/mol. The summed E-state index contributed by atoms with van der Waals surface area (Å²) in [6.07, 6.45) is 5.23. The van der Waals surface area contributed by atoms with Gasteiger partial charge in [-0.25, -0.2) is 0 Å². The first-order valence-corrected chi connectivity index (χ1v) is 7.00. The number of hydrogen-bond donors (Lipinski definition) is 4. The normalized spacial score (nSPS) is 11.9. The monoisotopic (exact) mass is 364 g/mol. The minimum absolute atomic E-state index is 0. The Labute approximate surface area is 157 Å². The quantitative estimate of drug-likeness (QED) is 0.457. The van der Waals surface area contributed by atoms with Crippen LogP contribution in [0.5, 0.6) is 0 Å². The van der Waals surface area contributed by atoms with E-state index in [1.54, 1.807) is 41.5 Å². The first kappa shape index (κ1) is 34.0. The molecular weight excluding hydrogens is 328 g/mol. The Morgan fingerprint density at radius 3 is 0.783 bits per heavy atom. The second-order valence-corrected chi connectivity index (χ2v) is 5.67. The van der Waals surface area contributed by atoms with Crippen molar-refractivity contribution in [2.45, 2.75) is 65.0 Å². The van der Waals surface area contributed by atoms with E-state index >= 15 is 0 Å². The third-order valence-corrected chi connectivity index (χ3v) is 1.68. The van der Waals surface area contributed by atoms with E-state index in [1.165, 1.54) is 24.3 Å². The van der Waals surface area contributed by atoms with Gasteiger partial charge in [-0.15, -0.1) is 26.3 Å². The van der Waals surface area contributed by atoms with Crippen LogP contribution in [0.2, 0.25) is 0 Å². The summed E-state index contributed by atoms with van der Waals surface area (Å²) in [7, 11) is 0. The molecule has 0 aromatic carbocycles. The second-order valence-electron chi connectivity index (χ2n) is 5.67. The van der Waals surface area contributed by atoms with E-state index in [4.69, 9.17) is 20.4 Å². The molecule has 23 heavy (non-hydrogen) atoms. The van der Waals surface area contributed by atoms with Gasteiger partial charge in [0.2, 0.25) is 0 Å². The zero-order chi connectivity index (χ0) is 19.0. The van der Waals surface area contributed by atoms with Crippen molar-refractivity contribution in [3.8, 4) is 0 Å². The van der Waals surface area contributed by atoms with Crippen molar-refractivity contribution in [2.75, 3.05) is 0 Å². The molecule has 2 atom stereocenters. The van der Waals surface area contributed by atoms with E-state index in [-0.39, 0.29) is 33.9 Å². The van der Waals surface area contributed by atoms with Gasteiger partial charge in [0.05, 0.1) is 23.4 Å². The van der Waals surface area contributed by atoms with Gasteiger partial charge in [-0.1, -0.05) is 24.3 Å². The second kappa shape index (κ2) is 19.6. The maximum absolute atomic E-state index is 8.71. The molecule has 136 valence electrons. The molecular formula is C18H36O4Ti. The van der Waals surface area contributed by atoms with Crippen LogP contribution in [0.15, 0.2) is 50.6 Å². The van der Waals surface area contributed by atoms with Crippen LogP contribution in [-0.4, -0.2) is 43.8 Å². The molecule has 0 saturated heterocycles. The van der Waals surface area contributed by atoms with Gasteiger partial charge in [-0.3, -0.25) is 0 Å². The Bertz CT molecular complexity index is 254. The van der Waals surface area contributed by atoms with Crippen molar-refractivity contribution in [3.05, 3.63) is 50.6 Å². The molecule has 5 heteroatoms. The first-order valence-electron chi connectivity index (χ1n) is 7.00. The van der Waals surface area contributed by atoms with Crippen molar-refractivity contribution < 1.29 is 42.1 Å². The fourth-order valence-corrected chi connectivity index (χ4v) is 0. The number of aliphatic hydroxyl groups is 4. The van der Waals surface area contributed by atoms with Crippen molar-refractivity contribution >= 4 is 0 Å². The van der Waals surface area contributed by atoms with E-state index in [1.807, 2.05) is 0 Å². The van der Waals surface area contributed by atoms with Crippen LogP contribution in [-0.2, 0) is 21.7 Å². The molecule has 0 heterocycles. The van der Waals surface area contributed by atoms with Gasteiger partial charge in [-0.05, 0) is 41.5 Å². The van der Waals surface area contributed by atoms with Gasteiger partial charge in [0.1, 0.15) is 0 Å². The molecule has 0 rings (SSSR count). The summed E-state index contributed by atoms with van der Waals surface area (Å²) in [6.45, 7) is 23.4. The molecule has 0 aliphatic heterocycles. The third-order valence-electron chi connectivity index (χ3n) is 1.68. The van der Waals surface area contributed by atoms with Gasteiger partial charge in [0.15, 0.2) is 0 Å².